The Morgan fingerprint density at radius 2 is 1.69 bits per heavy atom. The molecule has 0 aliphatic rings. The van der Waals surface area contributed by atoms with Crippen molar-refractivity contribution >= 4 is 23.0 Å². The lowest BCUT2D eigenvalue weighted by molar-refractivity contribution is -0.138. The fraction of sp³-hybridized carbons (Fsp3) is 0.414. The summed E-state index contributed by atoms with van der Waals surface area (Å²) in [5, 5.41) is 3.42. The van der Waals surface area contributed by atoms with Crippen molar-refractivity contribution in [2.75, 3.05) is 0 Å². The van der Waals surface area contributed by atoms with Gasteiger partial charge in [0.25, 0.3) is 0 Å². The Hall–Kier alpha value is -3.61. The molecule has 36 heavy (non-hydrogen) atoms. The zero-order valence-corrected chi connectivity index (χ0v) is 22.1. The summed E-state index contributed by atoms with van der Waals surface area (Å²) >= 11 is 0. The molecule has 0 saturated heterocycles. The standard InChI is InChI=1S/C29H35NO6/c1-8-17(2)24(30-28(33)36-29(5,6)7)27(32)34-23-15-14-21-18(3)22(16-20-12-10-9-11-13-20)26(31)35-25(21)19(23)4/h9-15,17,24H,8,16H2,1-7H3,(H,30,33). The third kappa shape index (κ3) is 6.33. The fourth-order valence-electron chi connectivity index (χ4n) is 3.96. The molecule has 0 bridgehead atoms. The lowest BCUT2D eigenvalue weighted by Crippen LogP contribution is -2.48. The van der Waals surface area contributed by atoms with Gasteiger partial charge < -0.3 is 19.2 Å². The van der Waals surface area contributed by atoms with Crippen LogP contribution >= 0.6 is 0 Å². The molecule has 0 spiro atoms. The molecule has 7 nitrogen and oxygen atoms in total. The lowest BCUT2D eigenvalue weighted by atomic mass is 9.98. The second-order valence-electron chi connectivity index (χ2n) is 10.2. The van der Waals surface area contributed by atoms with E-state index in [1.165, 1.54) is 0 Å². The maximum atomic E-state index is 13.1. The van der Waals surface area contributed by atoms with Gasteiger partial charge in [-0.3, -0.25) is 0 Å². The van der Waals surface area contributed by atoms with Gasteiger partial charge in [-0.25, -0.2) is 14.4 Å². The summed E-state index contributed by atoms with van der Waals surface area (Å²) in [4.78, 5) is 38.3. The minimum atomic E-state index is -0.901. The Kier molecular flexibility index (Phi) is 8.23. The van der Waals surface area contributed by atoms with E-state index >= 15 is 0 Å². The van der Waals surface area contributed by atoms with Gasteiger partial charge in [-0.1, -0.05) is 50.6 Å². The number of ether oxygens (including phenoxy) is 2. The number of fused-ring (bicyclic) bond motifs is 1. The van der Waals surface area contributed by atoms with Crippen molar-refractivity contribution in [2.45, 2.75) is 73.0 Å². The highest BCUT2D eigenvalue weighted by molar-refractivity contribution is 5.88. The van der Waals surface area contributed by atoms with Gasteiger partial charge in [0, 0.05) is 22.9 Å². The maximum Gasteiger partial charge on any atom is 0.408 e. The average Bonchev–Trinajstić information content (AvgIpc) is 2.81. The zero-order chi connectivity index (χ0) is 26.6. The molecule has 7 heteroatoms. The highest BCUT2D eigenvalue weighted by atomic mass is 16.6. The van der Waals surface area contributed by atoms with Crippen LogP contribution in [-0.4, -0.2) is 23.7 Å². The first-order chi connectivity index (χ1) is 16.9. The quantitative estimate of drug-likeness (QED) is 0.252. The van der Waals surface area contributed by atoms with Gasteiger partial charge in [-0.2, -0.15) is 0 Å². The molecule has 1 amide bonds. The summed E-state index contributed by atoms with van der Waals surface area (Å²) in [6.07, 6.45) is 0.422. The molecule has 0 fully saturated rings. The van der Waals surface area contributed by atoms with Crippen LogP contribution in [0.5, 0.6) is 5.75 Å². The summed E-state index contributed by atoms with van der Waals surface area (Å²) in [5.74, 6) is -0.533. The second kappa shape index (κ2) is 11.0. The Labute approximate surface area is 211 Å². The Bertz CT molecular complexity index is 1300. The molecule has 0 radical (unpaired) electrons. The third-order valence-electron chi connectivity index (χ3n) is 6.23. The third-order valence-corrected chi connectivity index (χ3v) is 6.23. The van der Waals surface area contributed by atoms with E-state index in [0.717, 1.165) is 16.5 Å². The monoisotopic (exact) mass is 493 g/mol. The van der Waals surface area contributed by atoms with Gasteiger partial charge >= 0.3 is 17.7 Å². The van der Waals surface area contributed by atoms with Crippen LogP contribution in [-0.2, 0) is 16.0 Å². The summed E-state index contributed by atoms with van der Waals surface area (Å²) in [6.45, 7) is 12.7. The van der Waals surface area contributed by atoms with Gasteiger partial charge in [0.2, 0.25) is 0 Å². The number of rotatable bonds is 7. The smallest absolute Gasteiger partial charge is 0.408 e. The number of esters is 1. The van der Waals surface area contributed by atoms with E-state index < -0.39 is 29.3 Å². The molecule has 3 aromatic rings. The maximum absolute atomic E-state index is 13.1. The van der Waals surface area contributed by atoms with E-state index in [1.54, 1.807) is 39.8 Å². The number of benzene rings is 2. The number of carbonyl (C=O) groups is 2. The van der Waals surface area contributed by atoms with Crippen molar-refractivity contribution in [1.29, 1.82) is 0 Å². The number of hydrogen-bond donors (Lipinski definition) is 1. The predicted octanol–water partition coefficient (Wildman–Crippen LogP) is 5.85. The molecule has 2 unspecified atom stereocenters. The van der Waals surface area contributed by atoms with Gasteiger partial charge in [-0.05, 0) is 63.8 Å². The van der Waals surface area contributed by atoms with E-state index in [4.69, 9.17) is 13.9 Å². The van der Waals surface area contributed by atoms with E-state index in [-0.39, 0.29) is 11.7 Å². The second-order valence-corrected chi connectivity index (χ2v) is 10.2. The van der Waals surface area contributed by atoms with Crippen molar-refractivity contribution in [1.82, 2.24) is 5.32 Å². The molecule has 0 aliphatic carbocycles. The van der Waals surface area contributed by atoms with E-state index in [0.29, 0.717) is 29.6 Å². The molecule has 192 valence electrons. The van der Waals surface area contributed by atoms with Crippen LogP contribution in [0.15, 0.2) is 51.7 Å². The van der Waals surface area contributed by atoms with Crippen LogP contribution < -0.4 is 15.7 Å². The zero-order valence-electron chi connectivity index (χ0n) is 22.1. The van der Waals surface area contributed by atoms with Gasteiger partial charge in [0.1, 0.15) is 23.0 Å². The first kappa shape index (κ1) is 27.0. The summed E-state index contributed by atoms with van der Waals surface area (Å²) < 4.78 is 16.7. The molecule has 2 aromatic carbocycles. The first-order valence-corrected chi connectivity index (χ1v) is 12.2. The van der Waals surface area contributed by atoms with E-state index in [2.05, 4.69) is 5.32 Å². The summed E-state index contributed by atoms with van der Waals surface area (Å²) in [5.41, 5.74) is 2.24. The van der Waals surface area contributed by atoms with E-state index in [9.17, 15) is 14.4 Å². The highest BCUT2D eigenvalue weighted by Gasteiger charge is 2.30. The molecule has 1 heterocycles. The number of amides is 1. The fourth-order valence-corrected chi connectivity index (χ4v) is 3.96. The van der Waals surface area contributed by atoms with Crippen LogP contribution in [0.25, 0.3) is 11.0 Å². The number of carbonyl (C=O) groups excluding carboxylic acids is 2. The highest BCUT2D eigenvalue weighted by Crippen LogP contribution is 2.30. The molecule has 1 N–H and O–H groups in total. The molecule has 0 aliphatic heterocycles. The largest absolute Gasteiger partial charge is 0.444 e. The molecule has 1 aromatic heterocycles. The van der Waals surface area contributed by atoms with Gasteiger partial charge in [0.05, 0.1) is 0 Å². The average molecular weight is 494 g/mol. The van der Waals surface area contributed by atoms with Gasteiger partial charge in [-0.15, -0.1) is 0 Å². The molecular formula is C29H35NO6. The van der Waals surface area contributed by atoms with Crippen LogP contribution in [0, 0.1) is 19.8 Å². The number of nitrogens with one attached hydrogen (secondary N) is 1. The normalized spacial score (nSPS) is 13.2. The minimum Gasteiger partial charge on any atom is -0.444 e. The SMILES string of the molecule is CCC(C)C(NC(=O)OC(C)(C)C)C(=O)Oc1ccc2c(C)c(Cc3ccccc3)c(=O)oc2c1C. The molecule has 0 saturated carbocycles. The minimum absolute atomic E-state index is 0.188. The van der Waals surface area contributed by atoms with Crippen molar-refractivity contribution in [3.05, 3.63) is 75.1 Å². The lowest BCUT2D eigenvalue weighted by Gasteiger charge is -2.25. The van der Waals surface area contributed by atoms with Crippen LogP contribution in [0.4, 0.5) is 4.79 Å². The van der Waals surface area contributed by atoms with E-state index in [1.807, 2.05) is 51.1 Å². The van der Waals surface area contributed by atoms with Crippen molar-refractivity contribution in [2.24, 2.45) is 5.92 Å². The van der Waals surface area contributed by atoms with Gasteiger partial charge in [0.15, 0.2) is 0 Å². The predicted molar refractivity (Wildman–Crippen MR) is 139 cm³/mol. The Balaban J connectivity index is 1.90. The van der Waals surface area contributed by atoms with Crippen molar-refractivity contribution in [3.8, 4) is 5.75 Å². The van der Waals surface area contributed by atoms with Crippen LogP contribution in [0.3, 0.4) is 0 Å². The van der Waals surface area contributed by atoms with Crippen molar-refractivity contribution < 1.29 is 23.5 Å². The molecular weight excluding hydrogens is 458 g/mol. The van der Waals surface area contributed by atoms with Crippen LogP contribution in [0.1, 0.15) is 63.3 Å². The number of aryl methyl sites for hydroxylation is 2. The number of alkyl carbamates (subject to hydrolysis) is 1. The first-order valence-electron chi connectivity index (χ1n) is 12.2. The molecule has 3 rings (SSSR count). The summed E-state index contributed by atoms with van der Waals surface area (Å²) in [7, 11) is 0. The Morgan fingerprint density at radius 1 is 1.03 bits per heavy atom. The molecule has 2 atom stereocenters. The Morgan fingerprint density at radius 3 is 2.31 bits per heavy atom. The summed E-state index contributed by atoms with van der Waals surface area (Å²) in [6, 6.07) is 12.3. The van der Waals surface area contributed by atoms with Crippen LogP contribution in [0.2, 0.25) is 0 Å². The van der Waals surface area contributed by atoms with Crippen molar-refractivity contribution in [3.63, 3.8) is 0 Å². The number of hydrogen-bond acceptors (Lipinski definition) is 6. The topological polar surface area (TPSA) is 94.8 Å².